The third-order valence-corrected chi connectivity index (χ3v) is 5.51. The van der Waals surface area contributed by atoms with Gasteiger partial charge in [-0.15, -0.1) is 0 Å². The number of rotatable bonds is 4. The van der Waals surface area contributed by atoms with E-state index in [4.69, 9.17) is 11.6 Å². The fourth-order valence-electron chi connectivity index (χ4n) is 3.72. The second-order valence-electron chi connectivity index (χ2n) is 7.20. The zero-order chi connectivity index (χ0) is 21.1. The van der Waals surface area contributed by atoms with E-state index in [2.05, 4.69) is 5.32 Å². The molecule has 1 heterocycles. The highest BCUT2D eigenvalue weighted by molar-refractivity contribution is 6.34. The quantitative estimate of drug-likeness (QED) is 0.574. The minimum Gasteiger partial charge on any atom is -0.325 e. The Labute approximate surface area is 180 Å². The van der Waals surface area contributed by atoms with E-state index in [1.807, 2.05) is 72.8 Å². The standard InChI is InChI=1S/C25H21ClN2O2/c1-17(29)28-14-13-19-9-5-6-10-21(19)24(28)16-25(30)27-23-12-11-20(15-22(23)26)18-7-3-2-4-8-18/h2-15,24H,16H2,1H3,(H,27,30)/t24-/m0/s1. The minimum absolute atomic E-state index is 0.108. The van der Waals surface area contributed by atoms with Gasteiger partial charge in [-0.1, -0.05) is 72.3 Å². The number of anilines is 1. The molecule has 0 saturated carbocycles. The van der Waals surface area contributed by atoms with E-state index in [1.54, 1.807) is 17.2 Å². The topological polar surface area (TPSA) is 49.4 Å². The summed E-state index contributed by atoms with van der Waals surface area (Å²) in [6, 6.07) is 22.9. The van der Waals surface area contributed by atoms with Gasteiger partial charge in [-0.25, -0.2) is 0 Å². The number of fused-ring (bicyclic) bond motifs is 1. The van der Waals surface area contributed by atoms with Crippen molar-refractivity contribution in [2.75, 3.05) is 5.32 Å². The summed E-state index contributed by atoms with van der Waals surface area (Å²) in [6.07, 6.45) is 3.77. The third-order valence-electron chi connectivity index (χ3n) is 5.20. The van der Waals surface area contributed by atoms with Crippen molar-refractivity contribution in [2.45, 2.75) is 19.4 Å². The lowest BCUT2D eigenvalue weighted by Gasteiger charge is -2.32. The van der Waals surface area contributed by atoms with Crippen LogP contribution < -0.4 is 5.32 Å². The summed E-state index contributed by atoms with van der Waals surface area (Å²) < 4.78 is 0. The van der Waals surface area contributed by atoms with Gasteiger partial charge >= 0.3 is 0 Å². The molecule has 1 aliphatic rings. The van der Waals surface area contributed by atoms with Crippen molar-refractivity contribution < 1.29 is 9.59 Å². The summed E-state index contributed by atoms with van der Waals surface area (Å²) in [5.74, 6) is -0.311. The van der Waals surface area contributed by atoms with Gasteiger partial charge in [0.05, 0.1) is 23.2 Å². The average molecular weight is 417 g/mol. The number of carbonyl (C=O) groups is 2. The number of halogens is 1. The predicted molar refractivity (Wildman–Crippen MR) is 121 cm³/mol. The molecule has 1 aliphatic heterocycles. The lowest BCUT2D eigenvalue weighted by molar-refractivity contribution is -0.129. The molecule has 0 saturated heterocycles. The van der Waals surface area contributed by atoms with E-state index in [9.17, 15) is 9.59 Å². The molecule has 0 aromatic heterocycles. The maximum atomic E-state index is 12.8. The fraction of sp³-hybridized carbons (Fsp3) is 0.120. The Hall–Kier alpha value is -3.37. The summed E-state index contributed by atoms with van der Waals surface area (Å²) >= 11 is 6.44. The van der Waals surface area contributed by atoms with Crippen LogP contribution in [0.15, 0.2) is 79.0 Å². The number of amides is 2. The van der Waals surface area contributed by atoms with Crippen LogP contribution in [0.1, 0.15) is 30.5 Å². The van der Waals surface area contributed by atoms with Crippen LogP contribution >= 0.6 is 11.6 Å². The van der Waals surface area contributed by atoms with E-state index in [0.717, 1.165) is 22.3 Å². The van der Waals surface area contributed by atoms with Gasteiger partial charge in [-0.2, -0.15) is 0 Å². The van der Waals surface area contributed by atoms with Gasteiger partial charge in [0.1, 0.15) is 0 Å². The fourth-order valence-corrected chi connectivity index (χ4v) is 3.94. The van der Waals surface area contributed by atoms with Gasteiger partial charge in [0.25, 0.3) is 0 Å². The Kier molecular flexibility index (Phi) is 5.68. The van der Waals surface area contributed by atoms with Crippen molar-refractivity contribution >= 4 is 35.2 Å². The van der Waals surface area contributed by atoms with Gasteiger partial charge in [-0.05, 0) is 40.5 Å². The second-order valence-corrected chi connectivity index (χ2v) is 7.61. The highest BCUT2D eigenvalue weighted by Crippen LogP contribution is 2.34. The molecule has 30 heavy (non-hydrogen) atoms. The van der Waals surface area contributed by atoms with E-state index in [1.165, 1.54) is 6.92 Å². The maximum absolute atomic E-state index is 12.8. The van der Waals surface area contributed by atoms with Crippen LogP contribution in [0.25, 0.3) is 17.2 Å². The van der Waals surface area contributed by atoms with Crippen molar-refractivity contribution in [3.63, 3.8) is 0 Å². The molecule has 3 aromatic carbocycles. The molecular weight excluding hydrogens is 396 g/mol. The van der Waals surface area contributed by atoms with Crippen LogP contribution in [0.5, 0.6) is 0 Å². The molecule has 0 fully saturated rings. The maximum Gasteiger partial charge on any atom is 0.226 e. The molecule has 3 aromatic rings. The number of benzene rings is 3. The van der Waals surface area contributed by atoms with Crippen molar-refractivity contribution in [3.05, 3.63) is 95.1 Å². The average Bonchev–Trinajstić information content (AvgIpc) is 2.76. The molecule has 0 unspecified atom stereocenters. The second kappa shape index (κ2) is 8.56. The number of hydrogen-bond donors (Lipinski definition) is 1. The smallest absolute Gasteiger partial charge is 0.226 e. The van der Waals surface area contributed by atoms with Crippen molar-refractivity contribution in [2.24, 2.45) is 0 Å². The van der Waals surface area contributed by atoms with Crippen molar-refractivity contribution in [1.29, 1.82) is 0 Å². The molecule has 2 amide bonds. The summed E-state index contributed by atoms with van der Waals surface area (Å²) in [7, 11) is 0. The number of nitrogens with one attached hydrogen (secondary N) is 1. The van der Waals surface area contributed by atoms with Gasteiger partial charge in [0.15, 0.2) is 0 Å². The Morgan fingerprint density at radius 1 is 0.967 bits per heavy atom. The van der Waals surface area contributed by atoms with E-state index in [0.29, 0.717) is 10.7 Å². The molecule has 4 rings (SSSR count). The molecule has 0 spiro atoms. The van der Waals surface area contributed by atoms with E-state index < -0.39 is 0 Å². The molecule has 1 N–H and O–H groups in total. The number of nitrogens with zero attached hydrogens (tertiary/aromatic N) is 1. The summed E-state index contributed by atoms with van der Waals surface area (Å²) in [5, 5.41) is 3.36. The first kappa shape index (κ1) is 19.9. The Bertz CT molecular complexity index is 1130. The summed E-state index contributed by atoms with van der Waals surface area (Å²) in [5.41, 5.74) is 4.55. The lowest BCUT2D eigenvalue weighted by Crippen LogP contribution is -2.33. The normalized spacial score (nSPS) is 14.9. The van der Waals surface area contributed by atoms with Gasteiger partial charge < -0.3 is 10.2 Å². The zero-order valence-corrected chi connectivity index (χ0v) is 17.3. The third kappa shape index (κ3) is 4.14. The first-order valence-electron chi connectivity index (χ1n) is 9.74. The van der Waals surface area contributed by atoms with Gasteiger partial charge in [0.2, 0.25) is 11.8 Å². The van der Waals surface area contributed by atoms with E-state index >= 15 is 0 Å². The lowest BCUT2D eigenvalue weighted by atomic mass is 9.93. The predicted octanol–water partition coefficient (Wildman–Crippen LogP) is 5.91. The first-order chi connectivity index (χ1) is 14.5. The Morgan fingerprint density at radius 3 is 2.43 bits per heavy atom. The van der Waals surface area contributed by atoms with Crippen LogP contribution in [0.3, 0.4) is 0 Å². The first-order valence-corrected chi connectivity index (χ1v) is 10.1. The minimum atomic E-state index is -0.355. The highest BCUT2D eigenvalue weighted by atomic mass is 35.5. The molecular formula is C25H21ClN2O2. The Morgan fingerprint density at radius 2 is 1.70 bits per heavy atom. The summed E-state index contributed by atoms with van der Waals surface area (Å²) in [6.45, 7) is 1.50. The molecule has 5 heteroatoms. The SMILES string of the molecule is CC(=O)N1C=Cc2ccccc2[C@@H]1CC(=O)Nc1ccc(-c2ccccc2)cc1Cl. The summed E-state index contributed by atoms with van der Waals surface area (Å²) in [4.78, 5) is 26.5. The monoisotopic (exact) mass is 416 g/mol. The van der Waals surface area contributed by atoms with Crippen molar-refractivity contribution in [1.82, 2.24) is 4.90 Å². The Balaban J connectivity index is 1.53. The number of carbonyl (C=O) groups excluding carboxylic acids is 2. The van der Waals surface area contributed by atoms with Crippen LogP contribution in [0.2, 0.25) is 5.02 Å². The molecule has 0 radical (unpaired) electrons. The highest BCUT2D eigenvalue weighted by Gasteiger charge is 2.28. The molecule has 150 valence electrons. The van der Waals surface area contributed by atoms with E-state index in [-0.39, 0.29) is 24.3 Å². The van der Waals surface area contributed by atoms with Crippen LogP contribution in [0.4, 0.5) is 5.69 Å². The van der Waals surface area contributed by atoms with Crippen LogP contribution in [-0.2, 0) is 9.59 Å². The molecule has 0 bridgehead atoms. The molecule has 0 aliphatic carbocycles. The van der Waals surface area contributed by atoms with Crippen LogP contribution in [-0.4, -0.2) is 16.7 Å². The largest absolute Gasteiger partial charge is 0.325 e. The van der Waals surface area contributed by atoms with Crippen molar-refractivity contribution in [3.8, 4) is 11.1 Å². The molecule has 1 atom stereocenters. The van der Waals surface area contributed by atoms with Crippen LogP contribution in [0, 0.1) is 0 Å². The zero-order valence-electron chi connectivity index (χ0n) is 16.5. The van der Waals surface area contributed by atoms with Gasteiger partial charge in [-0.3, -0.25) is 9.59 Å². The molecule has 4 nitrogen and oxygen atoms in total. The number of hydrogen-bond acceptors (Lipinski definition) is 2. The van der Waals surface area contributed by atoms with Gasteiger partial charge in [0, 0.05) is 13.1 Å².